The number of rotatable bonds is 5. The Hall–Kier alpha value is -1.10. The molecule has 0 rings (SSSR count). The van der Waals surface area contributed by atoms with E-state index in [0.29, 0.717) is 0 Å². The van der Waals surface area contributed by atoms with Crippen molar-refractivity contribution in [2.75, 3.05) is 13.6 Å². The van der Waals surface area contributed by atoms with E-state index in [2.05, 4.69) is 5.32 Å². The molecule has 3 N–H and O–H groups in total. The van der Waals surface area contributed by atoms with Crippen molar-refractivity contribution < 1.29 is 19.8 Å². The topological polar surface area (TPSA) is 86.6 Å². The first kappa shape index (κ1) is 10.9. The van der Waals surface area contributed by atoms with E-state index in [1.165, 1.54) is 7.05 Å². The minimum absolute atomic E-state index is 0.0613. The van der Waals surface area contributed by atoms with Crippen LogP contribution in [0.2, 0.25) is 0 Å². The van der Waals surface area contributed by atoms with E-state index in [9.17, 15) is 9.59 Å². The second-order valence-corrected chi connectivity index (χ2v) is 2.58. The molecule has 0 aromatic rings. The third-order valence-corrected chi connectivity index (χ3v) is 1.90. The fourth-order valence-corrected chi connectivity index (χ4v) is 0.972. The smallest absolute Gasteiger partial charge is 0.322 e. The van der Waals surface area contributed by atoms with E-state index in [4.69, 9.17) is 10.2 Å². The maximum absolute atomic E-state index is 10.7. The van der Waals surface area contributed by atoms with Crippen molar-refractivity contribution in [3.63, 3.8) is 0 Å². The van der Waals surface area contributed by atoms with Gasteiger partial charge in [-0.3, -0.25) is 9.59 Å². The fourth-order valence-electron chi connectivity index (χ4n) is 0.972. The van der Waals surface area contributed by atoms with E-state index >= 15 is 0 Å². The van der Waals surface area contributed by atoms with Crippen LogP contribution in [-0.4, -0.2) is 35.7 Å². The van der Waals surface area contributed by atoms with E-state index in [1.807, 2.05) is 0 Å². The molecule has 0 spiro atoms. The van der Waals surface area contributed by atoms with Crippen LogP contribution in [0.1, 0.15) is 13.3 Å². The Morgan fingerprint density at radius 3 is 1.83 bits per heavy atom. The van der Waals surface area contributed by atoms with E-state index in [0.717, 1.165) is 0 Å². The van der Waals surface area contributed by atoms with Gasteiger partial charge in [-0.2, -0.15) is 0 Å². The molecule has 0 atom stereocenters. The summed E-state index contributed by atoms with van der Waals surface area (Å²) in [5, 5.41) is 20.0. The van der Waals surface area contributed by atoms with Gasteiger partial charge in [-0.15, -0.1) is 0 Å². The van der Waals surface area contributed by atoms with E-state index in [-0.39, 0.29) is 13.0 Å². The molecule has 5 nitrogen and oxygen atoms in total. The summed E-state index contributed by atoms with van der Waals surface area (Å²) < 4.78 is 0. The Kier molecular flexibility index (Phi) is 3.69. The summed E-state index contributed by atoms with van der Waals surface area (Å²) >= 11 is 0. The zero-order valence-electron chi connectivity index (χ0n) is 7.13. The van der Waals surface area contributed by atoms with Crippen molar-refractivity contribution in [3.8, 4) is 0 Å². The highest BCUT2D eigenvalue weighted by molar-refractivity contribution is 5.98. The molecule has 12 heavy (non-hydrogen) atoms. The lowest BCUT2D eigenvalue weighted by atomic mass is 9.85. The predicted molar refractivity (Wildman–Crippen MR) is 41.9 cm³/mol. The molecule has 0 amide bonds. The van der Waals surface area contributed by atoms with Gasteiger partial charge in [0, 0.05) is 6.54 Å². The highest BCUT2D eigenvalue weighted by Gasteiger charge is 2.44. The largest absolute Gasteiger partial charge is 0.480 e. The molecule has 0 bridgehead atoms. The summed E-state index contributed by atoms with van der Waals surface area (Å²) in [6, 6.07) is 0. The van der Waals surface area contributed by atoms with Gasteiger partial charge in [0.1, 0.15) is 0 Å². The molecule has 0 aliphatic heterocycles. The lowest BCUT2D eigenvalue weighted by Crippen LogP contribution is -2.46. The number of aliphatic carboxylic acids is 2. The minimum atomic E-state index is -1.69. The van der Waals surface area contributed by atoms with Gasteiger partial charge in [0.2, 0.25) is 0 Å². The monoisotopic (exact) mass is 175 g/mol. The van der Waals surface area contributed by atoms with Crippen molar-refractivity contribution in [3.05, 3.63) is 0 Å². The first-order chi connectivity index (χ1) is 5.51. The molecule has 5 heteroatoms. The van der Waals surface area contributed by atoms with E-state index < -0.39 is 17.4 Å². The number of nitrogens with one attached hydrogen (secondary N) is 1. The molecule has 0 aliphatic carbocycles. The zero-order valence-corrected chi connectivity index (χ0v) is 7.13. The van der Waals surface area contributed by atoms with Crippen LogP contribution in [0.4, 0.5) is 0 Å². The molecule has 0 aliphatic rings. The fraction of sp³-hybridized carbons (Fsp3) is 0.714. The van der Waals surface area contributed by atoms with Gasteiger partial charge in [0.05, 0.1) is 0 Å². The number of carbonyl (C=O) groups is 2. The highest BCUT2D eigenvalue weighted by atomic mass is 16.4. The van der Waals surface area contributed by atoms with Crippen LogP contribution >= 0.6 is 0 Å². The van der Waals surface area contributed by atoms with Crippen molar-refractivity contribution >= 4 is 11.9 Å². The molecular weight excluding hydrogens is 162 g/mol. The highest BCUT2D eigenvalue weighted by Crippen LogP contribution is 2.21. The molecule has 0 saturated heterocycles. The average molecular weight is 175 g/mol. The van der Waals surface area contributed by atoms with Crippen LogP contribution in [0, 0.1) is 5.41 Å². The summed E-state index contributed by atoms with van der Waals surface area (Å²) in [5.74, 6) is -2.60. The van der Waals surface area contributed by atoms with Gasteiger partial charge in [0.15, 0.2) is 5.41 Å². The van der Waals surface area contributed by atoms with Gasteiger partial charge < -0.3 is 15.5 Å². The number of carboxylic acids is 2. The van der Waals surface area contributed by atoms with Crippen LogP contribution < -0.4 is 5.32 Å². The molecule has 0 saturated carbocycles. The van der Waals surface area contributed by atoms with Crippen molar-refractivity contribution in [2.45, 2.75) is 13.3 Å². The Bertz CT molecular complexity index is 176. The lowest BCUT2D eigenvalue weighted by Gasteiger charge is -2.22. The molecule has 70 valence electrons. The Balaban J connectivity index is 4.76. The van der Waals surface area contributed by atoms with Crippen molar-refractivity contribution in [1.29, 1.82) is 0 Å². The molecule has 0 fully saturated rings. The van der Waals surface area contributed by atoms with Gasteiger partial charge in [0.25, 0.3) is 0 Å². The van der Waals surface area contributed by atoms with Crippen LogP contribution in [0.5, 0.6) is 0 Å². The Morgan fingerprint density at radius 1 is 1.33 bits per heavy atom. The third kappa shape index (κ3) is 1.73. The minimum Gasteiger partial charge on any atom is -0.480 e. The quantitative estimate of drug-likeness (QED) is 0.502. The summed E-state index contributed by atoms with van der Waals surface area (Å²) in [5.41, 5.74) is -1.69. The van der Waals surface area contributed by atoms with E-state index in [1.54, 1.807) is 6.92 Å². The average Bonchev–Trinajstić information content (AvgIpc) is 1.98. The third-order valence-electron chi connectivity index (χ3n) is 1.90. The summed E-state index contributed by atoms with van der Waals surface area (Å²) in [7, 11) is 1.52. The van der Waals surface area contributed by atoms with Crippen LogP contribution in [0.3, 0.4) is 0 Å². The normalized spacial score (nSPS) is 11.2. The first-order valence-corrected chi connectivity index (χ1v) is 3.62. The molecule has 0 heterocycles. The second-order valence-electron chi connectivity index (χ2n) is 2.58. The summed E-state index contributed by atoms with van der Waals surface area (Å²) in [4.78, 5) is 21.3. The lowest BCUT2D eigenvalue weighted by molar-refractivity contribution is -0.164. The maximum atomic E-state index is 10.7. The summed E-state index contributed by atoms with van der Waals surface area (Å²) in [6.45, 7) is 1.48. The SMILES string of the molecule is CCC(CNC)(C(=O)O)C(=O)O. The number of hydrogen-bond donors (Lipinski definition) is 3. The molecule has 0 unspecified atom stereocenters. The van der Waals surface area contributed by atoms with Crippen molar-refractivity contribution in [1.82, 2.24) is 5.32 Å². The second kappa shape index (κ2) is 4.06. The van der Waals surface area contributed by atoms with Crippen LogP contribution in [-0.2, 0) is 9.59 Å². The first-order valence-electron chi connectivity index (χ1n) is 3.62. The molecule has 0 radical (unpaired) electrons. The van der Waals surface area contributed by atoms with Crippen LogP contribution in [0.25, 0.3) is 0 Å². The molecular formula is C7H13NO4. The number of hydrogen-bond acceptors (Lipinski definition) is 3. The Morgan fingerprint density at radius 2 is 1.75 bits per heavy atom. The van der Waals surface area contributed by atoms with Gasteiger partial charge in [-0.25, -0.2) is 0 Å². The zero-order chi connectivity index (χ0) is 9.78. The van der Waals surface area contributed by atoms with Crippen molar-refractivity contribution in [2.24, 2.45) is 5.41 Å². The maximum Gasteiger partial charge on any atom is 0.322 e. The Labute approximate surface area is 70.4 Å². The van der Waals surface area contributed by atoms with Crippen LogP contribution in [0.15, 0.2) is 0 Å². The number of carboxylic acid groups (broad SMARTS) is 2. The van der Waals surface area contributed by atoms with Gasteiger partial charge >= 0.3 is 11.9 Å². The van der Waals surface area contributed by atoms with Gasteiger partial charge in [-0.1, -0.05) is 6.92 Å². The predicted octanol–water partition coefficient (Wildman–Crippen LogP) is -0.229. The standard InChI is InChI=1S/C7H13NO4/c1-3-7(4-8-2,5(9)10)6(11)12/h8H,3-4H2,1-2H3,(H,9,10)(H,11,12). The molecule has 0 aromatic carbocycles. The molecule has 0 aromatic heterocycles. The van der Waals surface area contributed by atoms with Gasteiger partial charge in [-0.05, 0) is 13.5 Å². The summed E-state index contributed by atoms with van der Waals surface area (Å²) in [6.07, 6.45) is 0.0680.